The second kappa shape index (κ2) is 8.62. The number of amides is 1. The molecule has 0 spiro atoms. The number of nitrogens with one attached hydrogen (secondary N) is 1. The van der Waals surface area contributed by atoms with Crippen LogP contribution in [0.4, 0.5) is 11.4 Å². The van der Waals surface area contributed by atoms with Gasteiger partial charge in [0.05, 0.1) is 35.3 Å². The number of benzene rings is 2. The van der Waals surface area contributed by atoms with Crippen LogP contribution in [0.1, 0.15) is 22.8 Å². The molecule has 2 rings (SSSR count). The van der Waals surface area contributed by atoms with Crippen LogP contribution in [0.15, 0.2) is 42.5 Å². The van der Waals surface area contributed by atoms with Crippen LogP contribution in [0.3, 0.4) is 0 Å². The number of aryl methyl sites for hydroxylation is 1. The first-order chi connectivity index (χ1) is 13.0. The molecule has 0 aliphatic carbocycles. The molecule has 2 aromatic carbocycles. The Morgan fingerprint density at radius 2 is 1.86 bits per heavy atom. The molecular weight excluding hydrogens is 404 g/mol. The largest absolute Gasteiger partial charge is 0.465 e. The molecule has 0 unspecified atom stereocenters. The van der Waals surface area contributed by atoms with E-state index in [-0.39, 0.29) is 16.3 Å². The Labute approximate surface area is 169 Å². The maximum absolute atomic E-state index is 12.8. The minimum atomic E-state index is -3.74. The molecule has 0 aliphatic rings. The number of esters is 1. The van der Waals surface area contributed by atoms with Crippen LogP contribution in [0, 0.1) is 6.92 Å². The van der Waals surface area contributed by atoms with Crippen molar-refractivity contribution in [1.29, 1.82) is 0 Å². The van der Waals surface area contributed by atoms with Gasteiger partial charge in [0.25, 0.3) is 0 Å². The molecule has 0 fully saturated rings. The van der Waals surface area contributed by atoms with Gasteiger partial charge < -0.3 is 10.1 Å². The molecule has 0 saturated carbocycles. The standard InChI is InChI=1S/C19H21ClN2O5S/c1-12-6-5-7-15(10-12)22(28(4,25)26)13(2)18(23)21-17-11-14(19(24)27-3)8-9-16(17)20/h5-11,13H,1-4H3,(H,21,23)/t13-/m0/s1. The lowest BCUT2D eigenvalue weighted by atomic mass is 10.2. The van der Waals surface area contributed by atoms with E-state index in [4.69, 9.17) is 11.6 Å². The van der Waals surface area contributed by atoms with E-state index in [1.165, 1.54) is 32.2 Å². The third kappa shape index (κ3) is 5.02. The predicted molar refractivity (Wildman–Crippen MR) is 109 cm³/mol. The lowest BCUT2D eigenvalue weighted by Gasteiger charge is -2.28. The molecule has 2 aromatic rings. The third-order valence-electron chi connectivity index (χ3n) is 3.99. The fourth-order valence-electron chi connectivity index (χ4n) is 2.68. The first kappa shape index (κ1) is 21.7. The number of hydrogen-bond acceptors (Lipinski definition) is 5. The highest BCUT2D eigenvalue weighted by Crippen LogP contribution is 2.26. The van der Waals surface area contributed by atoms with E-state index in [0.29, 0.717) is 5.69 Å². The summed E-state index contributed by atoms with van der Waals surface area (Å²) in [6.45, 7) is 3.30. The summed E-state index contributed by atoms with van der Waals surface area (Å²) in [5.41, 5.74) is 1.61. The number of nitrogens with zero attached hydrogens (tertiary/aromatic N) is 1. The van der Waals surface area contributed by atoms with Gasteiger partial charge in [0.1, 0.15) is 6.04 Å². The second-order valence-corrected chi connectivity index (χ2v) is 8.52. The van der Waals surface area contributed by atoms with Crippen LogP contribution in [0.25, 0.3) is 0 Å². The van der Waals surface area contributed by atoms with Crippen LogP contribution in [-0.4, -0.2) is 39.7 Å². The fraction of sp³-hybridized carbons (Fsp3) is 0.263. The van der Waals surface area contributed by atoms with E-state index < -0.39 is 27.9 Å². The first-order valence-corrected chi connectivity index (χ1v) is 10.5. The molecule has 0 bridgehead atoms. The molecule has 28 heavy (non-hydrogen) atoms. The zero-order valence-corrected chi connectivity index (χ0v) is 17.5. The summed E-state index contributed by atoms with van der Waals surface area (Å²) in [7, 11) is -2.50. The summed E-state index contributed by atoms with van der Waals surface area (Å²) < 4.78 is 30.4. The van der Waals surface area contributed by atoms with E-state index in [0.717, 1.165) is 16.1 Å². The van der Waals surface area contributed by atoms with Gasteiger partial charge in [-0.05, 0) is 49.7 Å². The van der Waals surface area contributed by atoms with Crippen LogP contribution >= 0.6 is 11.6 Å². The highest BCUT2D eigenvalue weighted by atomic mass is 35.5. The Hall–Kier alpha value is -2.58. The number of halogens is 1. The monoisotopic (exact) mass is 424 g/mol. The van der Waals surface area contributed by atoms with Gasteiger partial charge >= 0.3 is 5.97 Å². The number of carbonyl (C=O) groups excluding carboxylic acids is 2. The number of rotatable bonds is 6. The van der Waals surface area contributed by atoms with E-state index >= 15 is 0 Å². The van der Waals surface area contributed by atoms with Crippen molar-refractivity contribution >= 4 is 44.9 Å². The lowest BCUT2D eigenvalue weighted by Crippen LogP contribution is -2.45. The van der Waals surface area contributed by atoms with Gasteiger partial charge in [-0.3, -0.25) is 9.10 Å². The fourth-order valence-corrected chi connectivity index (χ4v) is 4.01. The summed E-state index contributed by atoms with van der Waals surface area (Å²) in [5.74, 6) is -1.19. The van der Waals surface area contributed by atoms with Gasteiger partial charge in [-0.15, -0.1) is 0 Å². The maximum atomic E-state index is 12.8. The summed E-state index contributed by atoms with van der Waals surface area (Å²) in [5, 5.41) is 2.78. The Kier molecular flexibility index (Phi) is 6.69. The SMILES string of the molecule is COC(=O)c1ccc(Cl)c(NC(=O)[C@H](C)N(c2cccc(C)c2)S(C)(=O)=O)c1. The summed E-state index contributed by atoms with van der Waals surface area (Å²) in [6, 6.07) is 10.0. The third-order valence-corrected chi connectivity index (χ3v) is 5.56. The molecule has 0 heterocycles. The highest BCUT2D eigenvalue weighted by Gasteiger charge is 2.29. The quantitative estimate of drug-likeness (QED) is 0.718. The number of carbonyl (C=O) groups is 2. The van der Waals surface area contributed by atoms with Crippen LogP contribution in [-0.2, 0) is 19.6 Å². The maximum Gasteiger partial charge on any atom is 0.337 e. The van der Waals surface area contributed by atoms with Crippen molar-refractivity contribution in [2.45, 2.75) is 19.9 Å². The topological polar surface area (TPSA) is 92.8 Å². The Morgan fingerprint density at radius 1 is 1.18 bits per heavy atom. The normalized spacial score (nSPS) is 12.2. The van der Waals surface area contributed by atoms with E-state index in [9.17, 15) is 18.0 Å². The van der Waals surface area contributed by atoms with Crippen molar-refractivity contribution in [2.24, 2.45) is 0 Å². The number of ether oxygens (including phenoxy) is 1. The minimum Gasteiger partial charge on any atom is -0.465 e. The van der Waals surface area contributed by atoms with Crippen molar-refractivity contribution in [1.82, 2.24) is 0 Å². The van der Waals surface area contributed by atoms with E-state index in [1.54, 1.807) is 18.2 Å². The highest BCUT2D eigenvalue weighted by molar-refractivity contribution is 7.92. The van der Waals surface area contributed by atoms with Gasteiger partial charge in [-0.1, -0.05) is 23.7 Å². The van der Waals surface area contributed by atoms with Gasteiger partial charge in [0.2, 0.25) is 15.9 Å². The zero-order valence-electron chi connectivity index (χ0n) is 15.9. The van der Waals surface area contributed by atoms with Crippen molar-refractivity contribution in [3.05, 3.63) is 58.6 Å². The van der Waals surface area contributed by atoms with Crippen molar-refractivity contribution in [3.8, 4) is 0 Å². The van der Waals surface area contributed by atoms with Gasteiger partial charge in [0, 0.05) is 0 Å². The van der Waals surface area contributed by atoms with Gasteiger partial charge in [-0.2, -0.15) is 0 Å². The molecule has 0 saturated heterocycles. The Morgan fingerprint density at radius 3 is 2.43 bits per heavy atom. The average Bonchev–Trinajstić information content (AvgIpc) is 2.61. The summed E-state index contributed by atoms with van der Waals surface area (Å²) in [6.07, 6.45) is 1.03. The van der Waals surface area contributed by atoms with Crippen LogP contribution in [0.5, 0.6) is 0 Å². The lowest BCUT2D eigenvalue weighted by molar-refractivity contribution is -0.116. The van der Waals surface area contributed by atoms with Gasteiger partial charge in [-0.25, -0.2) is 13.2 Å². The molecule has 1 amide bonds. The summed E-state index contributed by atoms with van der Waals surface area (Å²) in [4.78, 5) is 24.5. The first-order valence-electron chi connectivity index (χ1n) is 8.29. The molecule has 0 aromatic heterocycles. The summed E-state index contributed by atoms with van der Waals surface area (Å²) >= 11 is 6.10. The molecule has 150 valence electrons. The molecule has 7 nitrogen and oxygen atoms in total. The van der Waals surface area contributed by atoms with Crippen molar-refractivity contribution in [3.63, 3.8) is 0 Å². The molecule has 9 heteroatoms. The van der Waals surface area contributed by atoms with Gasteiger partial charge in [0.15, 0.2) is 0 Å². The van der Waals surface area contributed by atoms with Crippen molar-refractivity contribution in [2.75, 3.05) is 23.0 Å². The molecule has 0 radical (unpaired) electrons. The number of hydrogen-bond donors (Lipinski definition) is 1. The van der Waals surface area contributed by atoms with Crippen LogP contribution in [0.2, 0.25) is 5.02 Å². The molecule has 0 aliphatic heterocycles. The average molecular weight is 425 g/mol. The van der Waals surface area contributed by atoms with E-state index in [1.807, 2.05) is 13.0 Å². The number of sulfonamides is 1. The molecule has 1 atom stereocenters. The minimum absolute atomic E-state index is 0.180. The smallest absolute Gasteiger partial charge is 0.337 e. The second-order valence-electron chi connectivity index (χ2n) is 6.25. The molecule has 1 N–H and O–H groups in total. The Bertz CT molecular complexity index is 1010. The molecular formula is C19H21ClN2O5S. The number of methoxy groups -OCH3 is 1. The van der Waals surface area contributed by atoms with Crippen LogP contribution < -0.4 is 9.62 Å². The van der Waals surface area contributed by atoms with Crippen molar-refractivity contribution < 1.29 is 22.7 Å². The predicted octanol–water partition coefficient (Wildman–Crippen LogP) is 3.23. The van der Waals surface area contributed by atoms with E-state index in [2.05, 4.69) is 10.1 Å². The zero-order chi connectivity index (χ0) is 21.1. The number of anilines is 2. The Balaban J connectivity index is 2.35.